The Hall–Kier alpha value is -4.25. The van der Waals surface area contributed by atoms with E-state index in [1.54, 1.807) is 20.2 Å². The van der Waals surface area contributed by atoms with Crippen LogP contribution in [-0.4, -0.2) is 83.0 Å². The summed E-state index contributed by atoms with van der Waals surface area (Å²) in [5.74, 6) is -4.02. The number of benzene rings is 2. The Morgan fingerprint density at radius 2 is 1.49 bits per heavy atom. The lowest BCUT2D eigenvalue weighted by molar-refractivity contribution is -0.142. The Bertz CT molecular complexity index is 1490. The van der Waals surface area contributed by atoms with E-state index in [9.17, 15) is 29.1 Å². The zero-order valence-electron chi connectivity index (χ0n) is 29.3. The van der Waals surface area contributed by atoms with Crippen molar-refractivity contribution >= 4 is 40.4 Å². The predicted molar refractivity (Wildman–Crippen MR) is 183 cm³/mol. The third-order valence-corrected chi connectivity index (χ3v) is 8.67. The van der Waals surface area contributed by atoms with Gasteiger partial charge < -0.3 is 31.1 Å². The van der Waals surface area contributed by atoms with Gasteiger partial charge in [-0.25, -0.2) is 4.79 Å². The summed E-state index contributed by atoms with van der Waals surface area (Å²) in [5, 5.41) is 29.1. The molecule has 0 aliphatic carbocycles. The second-order valence-electron chi connectivity index (χ2n) is 14.1. The minimum atomic E-state index is -1.38. The normalized spacial score (nSPS) is 15.0. The molecule has 258 valence electrons. The van der Waals surface area contributed by atoms with Crippen molar-refractivity contribution in [2.75, 3.05) is 14.1 Å². The first-order chi connectivity index (χ1) is 21.7. The molecule has 0 bridgehead atoms. The van der Waals surface area contributed by atoms with Crippen LogP contribution in [0, 0.1) is 11.3 Å². The summed E-state index contributed by atoms with van der Waals surface area (Å²) in [6.07, 6.45) is 0.905. The lowest BCUT2D eigenvalue weighted by Gasteiger charge is -2.40. The molecule has 2 aromatic rings. The van der Waals surface area contributed by atoms with Gasteiger partial charge in [-0.05, 0) is 48.1 Å². The number of carbonyl (C=O) groups excluding carboxylic acids is 3. The standard InChI is InChI=1S/C36H52N4O7/c1-21(2)27(19-22(3)31(43)38-26(34(46)47)17-18-28(41)42)40(10)33(45)30(35(4,5)6)39-32(44)29(37-9)36(7,8)25-16-15-23-13-11-12-14-24(23)20-25/h11-16,19-21,26-27,29-30,37H,17-18H2,1-10H3,(H,38,43)(H,39,44)(H,41,42)(H,46,47)/b22-19+/t26-,27-,29-,30?/m1/s1. The first-order valence-corrected chi connectivity index (χ1v) is 15.9. The maximum absolute atomic E-state index is 14.1. The van der Waals surface area contributed by atoms with Gasteiger partial charge in [-0.15, -0.1) is 0 Å². The van der Waals surface area contributed by atoms with Crippen molar-refractivity contribution in [1.82, 2.24) is 20.9 Å². The SMILES string of the molecule is CN[C@H](C(=O)NC(C(=O)N(C)[C@H](/C=C(\C)C(=O)N[C@H](CCC(=O)O)C(=O)O)C(C)C)C(C)(C)C)C(C)(C)c1ccc2ccccc2c1. The minimum Gasteiger partial charge on any atom is -0.481 e. The second kappa shape index (κ2) is 16.0. The van der Waals surface area contributed by atoms with Crippen molar-refractivity contribution in [2.24, 2.45) is 11.3 Å². The van der Waals surface area contributed by atoms with E-state index in [0.717, 1.165) is 16.3 Å². The van der Waals surface area contributed by atoms with Crippen LogP contribution >= 0.6 is 0 Å². The van der Waals surface area contributed by atoms with Crippen molar-refractivity contribution in [3.63, 3.8) is 0 Å². The topological polar surface area (TPSA) is 165 Å². The number of carboxylic acids is 2. The summed E-state index contributed by atoms with van der Waals surface area (Å²) in [4.78, 5) is 65.1. The molecule has 2 aromatic carbocycles. The zero-order chi connectivity index (χ0) is 35.9. The van der Waals surface area contributed by atoms with E-state index >= 15 is 0 Å². The second-order valence-corrected chi connectivity index (χ2v) is 14.1. The van der Waals surface area contributed by atoms with Gasteiger partial charge in [0.1, 0.15) is 12.1 Å². The number of aliphatic carboxylic acids is 2. The number of likely N-dealkylation sites (N-methyl/N-ethyl adjacent to an activating group) is 2. The van der Waals surface area contributed by atoms with E-state index in [0.29, 0.717) is 0 Å². The van der Waals surface area contributed by atoms with E-state index in [2.05, 4.69) is 22.0 Å². The quantitative estimate of drug-likeness (QED) is 0.180. The van der Waals surface area contributed by atoms with Crippen molar-refractivity contribution in [1.29, 1.82) is 0 Å². The van der Waals surface area contributed by atoms with Gasteiger partial charge in [0.15, 0.2) is 0 Å². The van der Waals surface area contributed by atoms with Crippen LogP contribution < -0.4 is 16.0 Å². The van der Waals surface area contributed by atoms with Crippen LogP contribution in [0.3, 0.4) is 0 Å². The Morgan fingerprint density at radius 3 is 2.00 bits per heavy atom. The summed E-state index contributed by atoms with van der Waals surface area (Å²) in [7, 11) is 3.33. The van der Waals surface area contributed by atoms with E-state index < -0.39 is 59.3 Å². The van der Waals surface area contributed by atoms with E-state index in [1.165, 1.54) is 11.8 Å². The Morgan fingerprint density at radius 1 is 0.894 bits per heavy atom. The average Bonchev–Trinajstić information content (AvgIpc) is 2.98. The largest absolute Gasteiger partial charge is 0.481 e. The average molecular weight is 653 g/mol. The smallest absolute Gasteiger partial charge is 0.326 e. The van der Waals surface area contributed by atoms with Crippen LogP contribution in [0.1, 0.15) is 73.8 Å². The Kier molecular flexibility index (Phi) is 13.3. The summed E-state index contributed by atoms with van der Waals surface area (Å²) < 4.78 is 0. The van der Waals surface area contributed by atoms with E-state index in [4.69, 9.17) is 5.11 Å². The van der Waals surface area contributed by atoms with Gasteiger partial charge in [0, 0.05) is 24.5 Å². The number of fused-ring (bicyclic) bond motifs is 1. The fourth-order valence-corrected chi connectivity index (χ4v) is 5.68. The number of hydrogen-bond donors (Lipinski definition) is 5. The number of rotatable bonds is 15. The van der Waals surface area contributed by atoms with Crippen LogP contribution in [0.5, 0.6) is 0 Å². The van der Waals surface area contributed by atoms with Gasteiger partial charge in [-0.2, -0.15) is 0 Å². The minimum absolute atomic E-state index is 0.151. The molecule has 0 spiro atoms. The van der Waals surface area contributed by atoms with Crippen LogP contribution in [0.15, 0.2) is 54.1 Å². The Balaban J connectivity index is 2.34. The molecular weight excluding hydrogens is 600 g/mol. The monoisotopic (exact) mass is 652 g/mol. The molecule has 47 heavy (non-hydrogen) atoms. The van der Waals surface area contributed by atoms with Crippen molar-refractivity contribution in [3.8, 4) is 0 Å². The molecule has 11 heteroatoms. The van der Waals surface area contributed by atoms with E-state index in [-0.39, 0.29) is 29.7 Å². The highest BCUT2D eigenvalue weighted by Crippen LogP contribution is 2.31. The fourth-order valence-electron chi connectivity index (χ4n) is 5.68. The molecule has 0 saturated carbocycles. The highest BCUT2D eigenvalue weighted by atomic mass is 16.4. The molecule has 0 radical (unpaired) electrons. The summed E-state index contributed by atoms with van der Waals surface area (Å²) in [6.45, 7) is 14.9. The number of nitrogens with zero attached hydrogens (tertiary/aromatic N) is 1. The third-order valence-electron chi connectivity index (χ3n) is 8.67. The maximum Gasteiger partial charge on any atom is 0.326 e. The van der Waals surface area contributed by atoms with Gasteiger partial charge >= 0.3 is 11.9 Å². The van der Waals surface area contributed by atoms with Gasteiger partial charge in [-0.1, -0.05) is 97.0 Å². The lowest BCUT2D eigenvalue weighted by atomic mass is 9.76. The molecule has 0 aliphatic rings. The first-order valence-electron chi connectivity index (χ1n) is 15.9. The molecule has 11 nitrogen and oxygen atoms in total. The van der Waals surface area contributed by atoms with E-state index in [1.807, 2.05) is 84.9 Å². The number of nitrogens with one attached hydrogen (secondary N) is 3. The van der Waals surface area contributed by atoms with Crippen LogP contribution in [-0.2, 0) is 29.4 Å². The van der Waals surface area contributed by atoms with Crippen LogP contribution in [0.4, 0.5) is 0 Å². The molecule has 0 aliphatic heterocycles. The third kappa shape index (κ3) is 10.1. The first kappa shape index (κ1) is 38.9. The van der Waals surface area contributed by atoms with Gasteiger partial charge in [0.25, 0.3) is 0 Å². The number of amides is 3. The molecule has 2 rings (SSSR count). The summed E-state index contributed by atoms with van der Waals surface area (Å²) in [6, 6.07) is 10.6. The molecule has 0 fully saturated rings. The number of carbonyl (C=O) groups is 5. The van der Waals surface area contributed by atoms with Gasteiger partial charge in [-0.3, -0.25) is 19.2 Å². The highest BCUT2D eigenvalue weighted by Gasteiger charge is 2.41. The van der Waals surface area contributed by atoms with Crippen molar-refractivity contribution in [2.45, 2.75) is 97.8 Å². The summed E-state index contributed by atoms with van der Waals surface area (Å²) >= 11 is 0. The van der Waals surface area contributed by atoms with Crippen LogP contribution in [0.2, 0.25) is 0 Å². The highest BCUT2D eigenvalue weighted by molar-refractivity contribution is 5.96. The molecule has 1 unspecified atom stereocenters. The zero-order valence-corrected chi connectivity index (χ0v) is 29.3. The molecule has 3 amide bonds. The molecule has 5 N–H and O–H groups in total. The Labute approximate surface area is 278 Å². The molecule has 0 aromatic heterocycles. The fraction of sp³-hybridized carbons (Fsp3) is 0.528. The number of hydrogen-bond acceptors (Lipinski definition) is 6. The lowest BCUT2D eigenvalue weighted by Crippen LogP contribution is -2.61. The predicted octanol–water partition coefficient (Wildman–Crippen LogP) is 4.10. The van der Waals surface area contributed by atoms with Crippen LogP contribution in [0.25, 0.3) is 10.8 Å². The molecule has 4 atom stereocenters. The van der Waals surface area contributed by atoms with Crippen molar-refractivity contribution < 1.29 is 34.2 Å². The molecule has 0 heterocycles. The molecular formula is C36H52N4O7. The summed E-state index contributed by atoms with van der Waals surface area (Å²) in [5.41, 5.74) is -0.184. The number of carboxylic acid groups (broad SMARTS) is 2. The maximum atomic E-state index is 14.1. The van der Waals surface area contributed by atoms with Gasteiger partial charge in [0.05, 0.1) is 12.1 Å². The van der Waals surface area contributed by atoms with Gasteiger partial charge in [0.2, 0.25) is 17.7 Å². The molecule has 0 saturated heterocycles. The van der Waals surface area contributed by atoms with Crippen molar-refractivity contribution in [3.05, 3.63) is 59.7 Å².